The predicted molar refractivity (Wildman–Crippen MR) is 107 cm³/mol. The number of carbonyl (C=O) groups is 1. The van der Waals surface area contributed by atoms with Gasteiger partial charge in [0.1, 0.15) is 17.3 Å². The van der Waals surface area contributed by atoms with E-state index in [4.69, 9.17) is 4.42 Å². The Morgan fingerprint density at radius 2 is 1.71 bits per heavy atom. The number of hydrogen-bond acceptors (Lipinski definition) is 4. The minimum Gasteiger partial charge on any atom is -0.465 e. The van der Waals surface area contributed by atoms with Crippen molar-refractivity contribution in [3.8, 4) is 0 Å². The Balaban J connectivity index is 1.76. The van der Waals surface area contributed by atoms with E-state index in [-0.39, 0.29) is 16.5 Å². The monoisotopic (exact) mass is 466 g/mol. The summed E-state index contributed by atoms with van der Waals surface area (Å²) in [6, 6.07) is 10.8. The van der Waals surface area contributed by atoms with Gasteiger partial charge in [-0.1, -0.05) is 6.07 Å². The number of amides is 1. The second kappa shape index (κ2) is 7.76. The summed E-state index contributed by atoms with van der Waals surface area (Å²) in [4.78, 5) is 12.4. The fraction of sp³-hybridized carbons (Fsp3) is 0.105. The number of hydrogen-bond donors (Lipinski definition) is 2. The molecule has 1 heterocycles. The molecule has 2 N–H and O–H groups in total. The highest BCUT2D eigenvalue weighted by Crippen LogP contribution is 2.28. The summed E-state index contributed by atoms with van der Waals surface area (Å²) < 4.78 is 46.4. The maximum absolute atomic E-state index is 13.2. The van der Waals surface area contributed by atoms with E-state index in [2.05, 4.69) is 26.0 Å². The van der Waals surface area contributed by atoms with Crippen LogP contribution >= 0.6 is 15.9 Å². The molecule has 0 aliphatic heterocycles. The van der Waals surface area contributed by atoms with Crippen molar-refractivity contribution in [1.29, 1.82) is 0 Å². The van der Waals surface area contributed by atoms with E-state index in [0.717, 1.165) is 6.07 Å². The topological polar surface area (TPSA) is 88.4 Å². The van der Waals surface area contributed by atoms with Crippen molar-refractivity contribution in [3.63, 3.8) is 0 Å². The summed E-state index contributed by atoms with van der Waals surface area (Å²) in [5.41, 5.74) is 0.912. The molecule has 0 saturated heterocycles. The smallest absolute Gasteiger partial charge is 0.261 e. The van der Waals surface area contributed by atoms with Crippen molar-refractivity contribution < 1.29 is 22.0 Å². The molecule has 1 amide bonds. The van der Waals surface area contributed by atoms with Gasteiger partial charge in [0.05, 0.1) is 20.6 Å². The number of furan rings is 1. The molecule has 0 spiro atoms. The van der Waals surface area contributed by atoms with Crippen LogP contribution in [0.15, 0.2) is 62.3 Å². The van der Waals surface area contributed by atoms with Crippen LogP contribution in [0.25, 0.3) is 0 Å². The molecule has 146 valence electrons. The van der Waals surface area contributed by atoms with E-state index in [1.165, 1.54) is 42.5 Å². The maximum atomic E-state index is 13.2. The molecular formula is C19H16BrFN2O4S. The Kier molecular flexibility index (Phi) is 5.57. The number of rotatable bonds is 5. The summed E-state index contributed by atoms with van der Waals surface area (Å²) in [6.45, 7) is 3.42. The fourth-order valence-electron chi connectivity index (χ4n) is 2.59. The van der Waals surface area contributed by atoms with Gasteiger partial charge in [0.2, 0.25) is 0 Å². The molecule has 0 fully saturated rings. The second-order valence-electron chi connectivity index (χ2n) is 6.00. The minimum atomic E-state index is -3.89. The largest absolute Gasteiger partial charge is 0.465 e. The first-order chi connectivity index (χ1) is 13.2. The van der Waals surface area contributed by atoms with Crippen LogP contribution in [-0.2, 0) is 10.0 Å². The van der Waals surface area contributed by atoms with E-state index in [1.807, 2.05) is 0 Å². The van der Waals surface area contributed by atoms with Crippen molar-refractivity contribution in [2.75, 3.05) is 10.0 Å². The third kappa shape index (κ3) is 4.26. The zero-order chi connectivity index (χ0) is 20.5. The average Bonchev–Trinajstić information content (AvgIpc) is 2.87. The molecule has 3 aromatic rings. The minimum absolute atomic E-state index is 0.0220. The van der Waals surface area contributed by atoms with E-state index in [9.17, 15) is 17.6 Å². The standard InChI is InChI=1S/C19H16BrFN2O4S/c1-11-17(18(20)12(2)27-11)19(24)22-14-6-8-16(9-7-14)28(25,26)23-15-5-3-4-13(21)10-15/h3-10,23H,1-2H3,(H,22,24). The average molecular weight is 467 g/mol. The molecule has 28 heavy (non-hydrogen) atoms. The number of sulfonamides is 1. The van der Waals surface area contributed by atoms with Crippen molar-refractivity contribution in [3.05, 3.63) is 75.9 Å². The molecule has 2 aromatic carbocycles. The molecule has 6 nitrogen and oxygen atoms in total. The van der Waals surface area contributed by atoms with Crippen LogP contribution in [0, 0.1) is 19.7 Å². The molecule has 9 heteroatoms. The molecular weight excluding hydrogens is 451 g/mol. The summed E-state index contributed by atoms with van der Waals surface area (Å²) in [6.07, 6.45) is 0. The van der Waals surface area contributed by atoms with Crippen LogP contribution in [-0.4, -0.2) is 14.3 Å². The van der Waals surface area contributed by atoms with Crippen molar-refractivity contribution >= 4 is 43.2 Å². The lowest BCUT2D eigenvalue weighted by Gasteiger charge is -2.09. The number of nitrogens with one attached hydrogen (secondary N) is 2. The Morgan fingerprint density at radius 1 is 1.04 bits per heavy atom. The molecule has 1 aromatic heterocycles. The van der Waals surface area contributed by atoms with Gasteiger partial charge in [-0.3, -0.25) is 9.52 Å². The third-order valence-electron chi connectivity index (χ3n) is 3.91. The van der Waals surface area contributed by atoms with Gasteiger partial charge in [-0.25, -0.2) is 12.8 Å². The summed E-state index contributed by atoms with van der Waals surface area (Å²) >= 11 is 3.32. The fourth-order valence-corrected chi connectivity index (χ4v) is 4.18. The summed E-state index contributed by atoms with van der Waals surface area (Å²) in [5.74, 6) is 0.136. The number of anilines is 2. The molecule has 0 atom stereocenters. The Morgan fingerprint density at radius 3 is 2.29 bits per heavy atom. The highest BCUT2D eigenvalue weighted by atomic mass is 79.9. The Bertz CT molecular complexity index is 1140. The van der Waals surface area contributed by atoms with E-state index >= 15 is 0 Å². The van der Waals surface area contributed by atoms with E-state index in [1.54, 1.807) is 13.8 Å². The van der Waals surface area contributed by atoms with E-state index < -0.39 is 15.8 Å². The van der Waals surface area contributed by atoms with Crippen LogP contribution in [0.3, 0.4) is 0 Å². The quantitative estimate of drug-likeness (QED) is 0.562. The lowest BCUT2D eigenvalue weighted by atomic mass is 10.2. The van der Waals surface area contributed by atoms with Gasteiger partial charge < -0.3 is 9.73 Å². The molecule has 0 unspecified atom stereocenters. The summed E-state index contributed by atoms with van der Waals surface area (Å²) in [5, 5.41) is 2.70. The Hall–Kier alpha value is -2.65. The molecule has 0 bridgehead atoms. The Labute approximate surface area is 169 Å². The third-order valence-corrected chi connectivity index (χ3v) is 6.27. The molecule has 3 rings (SSSR count). The highest BCUT2D eigenvalue weighted by molar-refractivity contribution is 9.10. The lowest BCUT2D eigenvalue weighted by molar-refractivity contribution is 0.102. The van der Waals surface area contributed by atoms with Crippen molar-refractivity contribution in [2.45, 2.75) is 18.7 Å². The van der Waals surface area contributed by atoms with Crippen LogP contribution in [0.2, 0.25) is 0 Å². The first kappa shape index (κ1) is 20.1. The zero-order valence-corrected chi connectivity index (χ0v) is 17.3. The number of aryl methyl sites for hydroxylation is 2. The van der Waals surface area contributed by atoms with Crippen LogP contribution < -0.4 is 10.0 Å². The van der Waals surface area contributed by atoms with Crippen molar-refractivity contribution in [2.24, 2.45) is 0 Å². The molecule has 0 saturated carbocycles. The normalized spacial score (nSPS) is 11.3. The van der Waals surface area contributed by atoms with Gasteiger partial charge in [-0.15, -0.1) is 0 Å². The second-order valence-corrected chi connectivity index (χ2v) is 8.47. The molecule has 0 aliphatic carbocycles. The number of halogens is 2. The zero-order valence-electron chi connectivity index (χ0n) is 14.9. The van der Waals surface area contributed by atoms with Crippen LogP contribution in [0.4, 0.5) is 15.8 Å². The van der Waals surface area contributed by atoms with Gasteiger partial charge in [0.25, 0.3) is 15.9 Å². The van der Waals surface area contributed by atoms with E-state index in [0.29, 0.717) is 27.2 Å². The number of carbonyl (C=O) groups excluding carboxylic acids is 1. The van der Waals surface area contributed by atoms with Gasteiger partial charge >= 0.3 is 0 Å². The predicted octanol–water partition coefficient (Wildman–Crippen LogP) is 4.85. The van der Waals surface area contributed by atoms with Gasteiger partial charge in [-0.05, 0) is 72.2 Å². The summed E-state index contributed by atoms with van der Waals surface area (Å²) in [7, 11) is -3.89. The first-order valence-electron chi connectivity index (χ1n) is 8.12. The van der Waals surface area contributed by atoms with Gasteiger partial charge in [0.15, 0.2) is 0 Å². The lowest BCUT2D eigenvalue weighted by Crippen LogP contribution is -2.14. The van der Waals surface area contributed by atoms with Gasteiger partial charge in [-0.2, -0.15) is 0 Å². The van der Waals surface area contributed by atoms with Gasteiger partial charge in [0, 0.05) is 5.69 Å². The van der Waals surface area contributed by atoms with Crippen molar-refractivity contribution in [1.82, 2.24) is 0 Å². The number of benzene rings is 2. The first-order valence-corrected chi connectivity index (χ1v) is 10.4. The highest BCUT2D eigenvalue weighted by Gasteiger charge is 2.20. The molecule has 0 radical (unpaired) electrons. The molecule has 0 aliphatic rings. The van der Waals surface area contributed by atoms with Crippen LogP contribution in [0.1, 0.15) is 21.9 Å². The maximum Gasteiger partial charge on any atom is 0.261 e. The SMILES string of the molecule is Cc1oc(C)c(C(=O)Nc2ccc(S(=O)(=O)Nc3cccc(F)c3)cc2)c1Br. The van der Waals surface area contributed by atoms with Crippen LogP contribution in [0.5, 0.6) is 0 Å².